The minimum absolute atomic E-state index is 0.286. The van der Waals surface area contributed by atoms with E-state index < -0.39 is 8.80 Å². The number of hydrogen-bond acceptors (Lipinski definition) is 1. The standard InChI is InChI=1S/C9H18OSi/c1-6-8(11(4)5)9(10)7(2)3/h8,11H,2,6H2,1,3-5H3. The molecular weight excluding hydrogens is 152 g/mol. The molecule has 0 aliphatic heterocycles. The molecule has 0 heterocycles. The molecule has 0 aromatic rings. The molecule has 0 fully saturated rings. The van der Waals surface area contributed by atoms with E-state index in [2.05, 4.69) is 26.6 Å². The van der Waals surface area contributed by atoms with Gasteiger partial charge in [-0.3, -0.25) is 4.79 Å². The molecule has 0 aromatic carbocycles. The van der Waals surface area contributed by atoms with Crippen molar-refractivity contribution >= 4 is 14.6 Å². The van der Waals surface area contributed by atoms with Crippen molar-refractivity contribution in [3.8, 4) is 0 Å². The number of carbonyl (C=O) groups is 1. The largest absolute Gasteiger partial charge is 0.295 e. The van der Waals surface area contributed by atoms with E-state index >= 15 is 0 Å². The normalized spacial score (nSPS) is 13.2. The second-order valence-corrected chi connectivity index (χ2v) is 6.70. The summed E-state index contributed by atoms with van der Waals surface area (Å²) in [5, 5.41) is 0. The van der Waals surface area contributed by atoms with Gasteiger partial charge in [0.2, 0.25) is 0 Å². The molecule has 0 aliphatic rings. The van der Waals surface area contributed by atoms with Crippen molar-refractivity contribution in [2.75, 3.05) is 0 Å². The molecule has 0 amide bonds. The Balaban J connectivity index is 4.26. The van der Waals surface area contributed by atoms with Crippen LogP contribution in [-0.2, 0) is 4.79 Å². The smallest absolute Gasteiger partial charge is 0.158 e. The third kappa shape index (κ3) is 3.02. The van der Waals surface area contributed by atoms with Gasteiger partial charge in [-0.1, -0.05) is 26.6 Å². The molecular formula is C9H18OSi. The third-order valence-corrected chi connectivity index (χ3v) is 4.39. The highest BCUT2D eigenvalue weighted by Gasteiger charge is 2.20. The summed E-state index contributed by atoms with van der Waals surface area (Å²) in [5.41, 5.74) is 1.03. The zero-order valence-electron chi connectivity index (χ0n) is 7.98. The molecule has 0 N–H and O–H groups in total. The van der Waals surface area contributed by atoms with Crippen molar-refractivity contribution in [3.05, 3.63) is 12.2 Å². The van der Waals surface area contributed by atoms with Crippen LogP contribution >= 0.6 is 0 Å². The Labute approximate surface area is 71.1 Å². The summed E-state index contributed by atoms with van der Waals surface area (Å²) in [6.45, 7) is 12.0. The highest BCUT2D eigenvalue weighted by Crippen LogP contribution is 2.19. The molecule has 0 aliphatic carbocycles. The third-order valence-electron chi connectivity index (χ3n) is 2.00. The fraction of sp³-hybridized carbons (Fsp3) is 0.667. The zero-order chi connectivity index (χ0) is 9.02. The lowest BCUT2D eigenvalue weighted by atomic mass is 10.1. The Morgan fingerprint density at radius 2 is 2.00 bits per heavy atom. The summed E-state index contributed by atoms with van der Waals surface area (Å²) < 4.78 is 0. The maximum Gasteiger partial charge on any atom is 0.158 e. The predicted molar refractivity (Wildman–Crippen MR) is 52.7 cm³/mol. The number of hydrogen-bond donors (Lipinski definition) is 0. The van der Waals surface area contributed by atoms with E-state index in [4.69, 9.17) is 0 Å². The number of Topliss-reactive ketones (excluding diaryl/α,β-unsaturated/α-hetero) is 1. The van der Waals surface area contributed by atoms with Crippen molar-refractivity contribution in [2.24, 2.45) is 0 Å². The van der Waals surface area contributed by atoms with Gasteiger partial charge in [-0.25, -0.2) is 0 Å². The molecule has 11 heavy (non-hydrogen) atoms. The van der Waals surface area contributed by atoms with E-state index in [1.807, 2.05) is 6.92 Å². The number of allylic oxidation sites excluding steroid dienone is 1. The lowest BCUT2D eigenvalue weighted by Gasteiger charge is -2.15. The lowest BCUT2D eigenvalue weighted by Crippen LogP contribution is -2.21. The van der Waals surface area contributed by atoms with E-state index in [1.54, 1.807) is 0 Å². The molecule has 64 valence electrons. The van der Waals surface area contributed by atoms with Crippen LogP contribution in [0.1, 0.15) is 20.3 Å². The Hall–Kier alpha value is -0.373. The highest BCUT2D eigenvalue weighted by molar-refractivity contribution is 6.62. The van der Waals surface area contributed by atoms with E-state index in [9.17, 15) is 4.79 Å². The summed E-state index contributed by atoms with van der Waals surface area (Å²) in [4.78, 5) is 11.5. The lowest BCUT2D eigenvalue weighted by molar-refractivity contribution is -0.115. The number of rotatable bonds is 4. The van der Waals surface area contributed by atoms with Gasteiger partial charge >= 0.3 is 0 Å². The van der Waals surface area contributed by atoms with Gasteiger partial charge in [0.05, 0.1) is 0 Å². The molecule has 0 saturated carbocycles. The van der Waals surface area contributed by atoms with Gasteiger partial charge in [-0.05, 0) is 18.9 Å². The van der Waals surface area contributed by atoms with E-state index in [0.29, 0.717) is 5.54 Å². The van der Waals surface area contributed by atoms with E-state index in [1.165, 1.54) is 0 Å². The zero-order valence-corrected chi connectivity index (χ0v) is 9.13. The Bertz CT molecular complexity index is 161. The molecule has 0 rings (SSSR count). The van der Waals surface area contributed by atoms with Crippen molar-refractivity contribution in [1.82, 2.24) is 0 Å². The number of carbonyl (C=O) groups excluding carboxylic acids is 1. The Morgan fingerprint density at radius 3 is 2.09 bits per heavy atom. The molecule has 2 heteroatoms. The van der Waals surface area contributed by atoms with Crippen LogP contribution in [0.3, 0.4) is 0 Å². The summed E-state index contributed by atoms with van der Waals surface area (Å²) in [7, 11) is -0.810. The minimum Gasteiger partial charge on any atom is -0.295 e. The Morgan fingerprint density at radius 1 is 1.55 bits per heavy atom. The van der Waals surface area contributed by atoms with Crippen LogP contribution in [0, 0.1) is 0 Å². The SMILES string of the molecule is C=C(C)C(=O)C(CC)[SiH](C)C. The van der Waals surface area contributed by atoms with Crippen LogP contribution in [0.2, 0.25) is 18.6 Å². The molecule has 0 spiro atoms. The minimum atomic E-state index is -0.810. The van der Waals surface area contributed by atoms with Crippen LogP contribution in [0.4, 0.5) is 0 Å². The first-order valence-corrected chi connectivity index (χ1v) is 7.18. The van der Waals surface area contributed by atoms with Crippen LogP contribution in [0.25, 0.3) is 0 Å². The second-order valence-electron chi connectivity index (χ2n) is 3.40. The molecule has 1 nitrogen and oxygen atoms in total. The van der Waals surface area contributed by atoms with Gasteiger partial charge < -0.3 is 0 Å². The first-order chi connectivity index (χ1) is 5.00. The first kappa shape index (κ1) is 10.6. The first-order valence-electron chi connectivity index (χ1n) is 4.20. The maximum absolute atomic E-state index is 11.5. The van der Waals surface area contributed by atoms with Crippen molar-refractivity contribution in [1.29, 1.82) is 0 Å². The topological polar surface area (TPSA) is 17.1 Å². The van der Waals surface area contributed by atoms with Gasteiger partial charge in [0, 0.05) is 14.3 Å². The van der Waals surface area contributed by atoms with Gasteiger partial charge in [0.15, 0.2) is 5.78 Å². The summed E-state index contributed by atoms with van der Waals surface area (Å²) in [6.07, 6.45) is 0.982. The molecule has 0 radical (unpaired) electrons. The van der Waals surface area contributed by atoms with Crippen molar-refractivity contribution in [2.45, 2.75) is 38.9 Å². The highest BCUT2D eigenvalue weighted by atomic mass is 28.3. The van der Waals surface area contributed by atoms with Gasteiger partial charge in [0.25, 0.3) is 0 Å². The molecule has 0 bridgehead atoms. The van der Waals surface area contributed by atoms with Gasteiger partial charge in [0.1, 0.15) is 0 Å². The molecule has 1 atom stereocenters. The fourth-order valence-corrected chi connectivity index (χ4v) is 3.11. The molecule has 1 unspecified atom stereocenters. The number of ketones is 1. The molecule has 0 saturated heterocycles. The van der Waals surface area contributed by atoms with Crippen LogP contribution in [0.5, 0.6) is 0 Å². The predicted octanol–water partition coefficient (Wildman–Crippen LogP) is 2.40. The van der Waals surface area contributed by atoms with E-state index in [-0.39, 0.29) is 5.78 Å². The van der Waals surface area contributed by atoms with Crippen LogP contribution in [-0.4, -0.2) is 14.6 Å². The van der Waals surface area contributed by atoms with Crippen molar-refractivity contribution < 1.29 is 4.79 Å². The van der Waals surface area contributed by atoms with Crippen molar-refractivity contribution in [3.63, 3.8) is 0 Å². The van der Waals surface area contributed by atoms with E-state index in [0.717, 1.165) is 12.0 Å². The summed E-state index contributed by atoms with van der Waals surface area (Å²) in [6, 6.07) is 0. The average molecular weight is 170 g/mol. The van der Waals surface area contributed by atoms with Gasteiger partial charge in [-0.2, -0.15) is 0 Å². The van der Waals surface area contributed by atoms with Crippen LogP contribution < -0.4 is 0 Å². The second kappa shape index (κ2) is 4.49. The molecule has 0 aromatic heterocycles. The van der Waals surface area contributed by atoms with Crippen LogP contribution in [0.15, 0.2) is 12.2 Å². The summed E-state index contributed by atoms with van der Waals surface area (Å²) in [5.74, 6) is 0.286. The maximum atomic E-state index is 11.5. The fourth-order valence-electron chi connectivity index (χ4n) is 1.28. The van der Waals surface area contributed by atoms with Gasteiger partial charge in [-0.15, -0.1) is 0 Å². The Kier molecular flexibility index (Phi) is 4.34. The quantitative estimate of drug-likeness (QED) is 0.468. The summed E-state index contributed by atoms with van der Waals surface area (Å²) >= 11 is 0. The average Bonchev–Trinajstić information content (AvgIpc) is 1.88. The monoisotopic (exact) mass is 170 g/mol.